The molecule has 10 nitrogen and oxygen atoms in total. The Morgan fingerprint density at radius 1 is 0.974 bits per heavy atom. The number of amides is 1. The Hall–Kier alpha value is -3.77. The molecule has 0 aliphatic rings. The molecule has 0 aliphatic carbocycles. The van der Waals surface area contributed by atoms with Crippen molar-refractivity contribution >= 4 is 43.8 Å². The van der Waals surface area contributed by atoms with Crippen LogP contribution in [0.25, 0.3) is 0 Å². The van der Waals surface area contributed by atoms with Crippen LogP contribution in [0.15, 0.2) is 70.2 Å². The van der Waals surface area contributed by atoms with E-state index >= 15 is 0 Å². The van der Waals surface area contributed by atoms with E-state index in [4.69, 9.17) is 18.9 Å². The second-order valence-corrected chi connectivity index (χ2v) is 10.7. The number of carbonyl (C=O) groups excluding carboxylic acids is 1. The van der Waals surface area contributed by atoms with Gasteiger partial charge < -0.3 is 18.9 Å². The molecular formula is C26H28BrN3O7S. The van der Waals surface area contributed by atoms with Gasteiger partial charge in [0.15, 0.2) is 23.0 Å². The van der Waals surface area contributed by atoms with Crippen molar-refractivity contribution in [1.29, 1.82) is 0 Å². The number of methoxy groups -OCH3 is 3. The topological polar surface area (TPSA) is 116 Å². The fourth-order valence-electron chi connectivity index (χ4n) is 3.41. The van der Waals surface area contributed by atoms with Crippen LogP contribution in [0.2, 0.25) is 0 Å². The molecule has 0 bridgehead atoms. The normalized spacial score (nSPS) is 11.2. The third-order valence-electron chi connectivity index (χ3n) is 5.22. The second-order valence-electron chi connectivity index (χ2n) is 7.91. The van der Waals surface area contributed by atoms with Gasteiger partial charge in [-0.2, -0.15) is 5.10 Å². The number of hydrogen-bond acceptors (Lipinski definition) is 8. The number of nitrogens with one attached hydrogen (secondary N) is 1. The van der Waals surface area contributed by atoms with E-state index in [2.05, 4.69) is 26.5 Å². The quantitative estimate of drug-likeness (QED) is 0.245. The SMILES string of the molecule is COc1ccc(N(CC(=O)N/N=C\c2cc(Br)c(OCc3ccccc3)c(OC)c2)S(C)(=O)=O)cc1OC. The van der Waals surface area contributed by atoms with E-state index in [0.717, 1.165) is 16.1 Å². The maximum Gasteiger partial charge on any atom is 0.260 e. The summed E-state index contributed by atoms with van der Waals surface area (Å²) in [5.41, 5.74) is 4.21. The van der Waals surface area contributed by atoms with Gasteiger partial charge in [0.1, 0.15) is 13.2 Å². The maximum atomic E-state index is 12.6. The zero-order chi connectivity index (χ0) is 27.7. The monoisotopic (exact) mass is 605 g/mol. The standard InChI is InChI=1S/C26H28BrN3O7S/c1-34-22-11-10-20(14-23(22)35-2)30(38(4,32)33)16-25(31)29-28-15-19-12-21(27)26(24(13-19)36-3)37-17-18-8-6-5-7-9-18/h5-15H,16-17H2,1-4H3,(H,29,31)/b28-15-. The van der Waals surface area contributed by atoms with Gasteiger partial charge in [0, 0.05) is 6.07 Å². The lowest BCUT2D eigenvalue weighted by atomic mass is 10.2. The molecule has 12 heteroatoms. The van der Waals surface area contributed by atoms with Gasteiger partial charge >= 0.3 is 0 Å². The van der Waals surface area contributed by atoms with Crippen molar-refractivity contribution in [2.75, 3.05) is 38.4 Å². The molecule has 38 heavy (non-hydrogen) atoms. The predicted octanol–water partition coefficient (Wildman–Crippen LogP) is 3.97. The lowest BCUT2D eigenvalue weighted by Crippen LogP contribution is -2.39. The van der Waals surface area contributed by atoms with E-state index in [9.17, 15) is 13.2 Å². The molecule has 0 fully saturated rings. The van der Waals surface area contributed by atoms with Crippen LogP contribution in [0.5, 0.6) is 23.0 Å². The Bertz CT molecular complexity index is 1400. The highest BCUT2D eigenvalue weighted by molar-refractivity contribution is 9.10. The molecule has 0 radical (unpaired) electrons. The summed E-state index contributed by atoms with van der Waals surface area (Å²) < 4.78 is 48.2. The number of hydrazone groups is 1. The van der Waals surface area contributed by atoms with Crippen LogP contribution in [0.3, 0.4) is 0 Å². The third kappa shape index (κ3) is 7.62. The fourth-order valence-corrected chi connectivity index (χ4v) is 4.83. The van der Waals surface area contributed by atoms with Crippen molar-refractivity contribution in [3.63, 3.8) is 0 Å². The number of sulfonamides is 1. The number of nitrogens with zero attached hydrogens (tertiary/aromatic N) is 2. The smallest absolute Gasteiger partial charge is 0.260 e. The Labute approximate surface area is 230 Å². The zero-order valence-corrected chi connectivity index (χ0v) is 23.7. The highest BCUT2D eigenvalue weighted by Gasteiger charge is 2.22. The van der Waals surface area contributed by atoms with Crippen molar-refractivity contribution in [2.24, 2.45) is 5.10 Å². The lowest BCUT2D eigenvalue weighted by Gasteiger charge is -2.22. The first-order chi connectivity index (χ1) is 18.2. The van der Waals surface area contributed by atoms with E-state index < -0.39 is 22.5 Å². The molecule has 1 amide bonds. The first-order valence-electron chi connectivity index (χ1n) is 11.2. The van der Waals surface area contributed by atoms with Gasteiger partial charge in [0.2, 0.25) is 10.0 Å². The minimum Gasteiger partial charge on any atom is -0.493 e. The Kier molecular flexibility index (Phi) is 9.97. The van der Waals surface area contributed by atoms with E-state index in [1.807, 2.05) is 30.3 Å². The molecule has 0 saturated carbocycles. The Morgan fingerprint density at radius 3 is 2.29 bits per heavy atom. The van der Waals surface area contributed by atoms with Crippen LogP contribution in [-0.2, 0) is 21.4 Å². The summed E-state index contributed by atoms with van der Waals surface area (Å²) in [5, 5.41) is 3.96. The van der Waals surface area contributed by atoms with E-state index in [0.29, 0.717) is 39.6 Å². The Balaban J connectivity index is 1.70. The number of benzene rings is 3. The molecule has 0 unspecified atom stereocenters. The maximum absolute atomic E-state index is 12.6. The van der Waals surface area contributed by atoms with Gasteiger partial charge in [-0.15, -0.1) is 0 Å². The van der Waals surface area contributed by atoms with Crippen LogP contribution >= 0.6 is 15.9 Å². The summed E-state index contributed by atoms with van der Waals surface area (Å²) in [4.78, 5) is 12.6. The first-order valence-corrected chi connectivity index (χ1v) is 13.9. The van der Waals surface area contributed by atoms with Gasteiger partial charge in [-0.3, -0.25) is 9.10 Å². The van der Waals surface area contributed by atoms with Gasteiger partial charge in [-0.25, -0.2) is 13.8 Å². The van der Waals surface area contributed by atoms with Gasteiger partial charge in [-0.05, 0) is 51.3 Å². The lowest BCUT2D eigenvalue weighted by molar-refractivity contribution is -0.119. The van der Waals surface area contributed by atoms with Gasteiger partial charge in [0.05, 0.1) is 44.0 Å². The van der Waals surface area contributed by atoms with E-state index in [1.165, 1.54) is 39.7 Å². The van der Waals surface area contributed by atoms with Crippen LogP contribution in [0, 0.1) is 0 Å². The molecule has 0 atom stereocenters. The molecule has 0 heterocycles. The molecule has 3 rings (SSSR count). The molecule has 0 aromatic heterocycles. The van der Waals surface area contributed by atoms with Crippen LogP contribution in [-0.4, -0.2) is 54.7 Å². The molecule has 0 aliphatic heterocycles. The summed E-state index contributed by atoms with van der Waals surface area (Å²) in [5.74, 6) is 1.11. The van der Waals surface area contributed by atoms with Crippen LogP contribution in [0.1, 0.15) is 11.1 Å². The highest BCUT2D eigenvalue weighted by atomic mass is 79.9. The average Bonchev–Trinajstić information content (AvgIpc) is 2.90. The average molecular weight is 606 g/mol. The number of halogens is 1. The number of hydrogen-bond donors (Lipinski definition) is 1. The highest BCUT2D eigenvalue weighted by Crippen LogP contribution is 2.37. The van der Waals surface area contributed by atoms with Crippen molar-refractivity contribution in [2.45, 2.75) is 6.61 Å². The molecule has 0 saturated heterocycles. The summed E-state index contributed by atoms with van der Waals surface area (Å²) >= 11 is 3.49. The fraction of sp³-hybridized carbons (Fsp3) is 0.231. The minimum absolute atomic E-state index is 0.240. The van der Waals surface area contributed by atoms with Gasteiger partial charge in [0.25, 0.3) is 5.91 Å². The molecule has 0 spiro atoms. The second kappa shape index (κ2) is 13.2. The molecule has 202 valence electrons. The predicted molar refractivity (Wildman–Crippen MR) is 149 cm³/mol. The van der Waals surface area contributed by atoms with Crippen LogP contribution < -0.4 is 28.7 Å². The van der Waals surface area contributed by atoms with Crippen molar-refractivity contribution < 1.29 is 32.2 Å². The molecular weight excluding hydrogens is 578 g/mol. The van der Waals surface area contributed by atoms with Crippen molar-refractivity contribution in [3.8, 4) is 23.0 Å². The molecule has 3 aromatic rings. The molecule has 1 N–H and O–H groups in total. The van der Waals surface area contributed by atoms with Crippen molar-refractivity contribution in [1.82, 2.24) is 5.43 Å². The minimum atomic E-state index is -3.79. The summed E-state index contributed by atoms with van der Waals surface area (Å²) in [6.45, 7) is -0.138. The summed E-state index contributed by atoms with van der Waals surface area (Å²) in [6.07, 6.45) is 2.42. The molecule has 3 aromatic carbocycles. The van der Waals surface area contributed by atoms with Crippen LogP contribution in [0.4, 0.5) is 5.69 Å². The van der Waals surface area contributed by atoms with Gasteiger partial charge in [-0.1, -0.05) is 30.3 Å². The summed E-state index contributed by atoms with van der Waals surface area (Å²) in [7, 11) is 0.632. The number of ether oxygens (including phenoxy) is 4. The number of rotatable bonds is 12. The summed E-state index contributed by atoms with van der Waals surface area (Å²) in [6, 6.07) is 17.7. The zero-order valence-electron chi connectivity index (χ0n) is 21.3. The largest absolute Gasteiger partial charge is 0.493 e. The number of carbonyl (C=O) groups is 1. The van der Waals surface area contributed by atoms with Crippen molar-refractivity contribution in [3.05, 3.63) is 76.3 Å². The Morgan fingerprint density at radius 2 is 1.66 bits per heavy atom. The van der Waals surface area contributed by atoms with E-state index in [-0.39, 0.29) is 5.69 Å². The number of anilines is 1. The third-order valence-corrected chi connectivity index (χ3v) is 6.95. The van der Waals surface area contributed by atoms with E-state index in [1.54, 1.807) is 18.2 Å². The first kappa shape index (κ1) is 28.8.